The number of hydrogen-bond acceptors (Lipinski definition) is 4. The van der Waals surface area contributed by atoms with E-state index >= 15 is 0 Å². The van der Waals surface area contributed by atoms with Crippen LogP contribution in [0.15, 0.2) is 40.8 Å². The molecular weight excluding hydrogens is 296 g/mol. The minimum Gasteiger partial charge on any atom is -0.483 e. The zero-order valence-electron chi connectivity index (χ0n) is 13.0. The van der Waals surface area contributed by atoms with Gasteiger partial charge in [-0.3, -0.25) is 4.79 Å². The lowest BCUT2D eigenvalue weighted by molar-refractivity contribution is -0.123. The smallest absolute Gasteiger partial charge is 0.277 e. The van der Waals surface area contributed by atoms with Gasteiger partial charge in [0, 0.05) is 4.88 Å². The van der Waals surface area contributed by atoms with E-state index in [0.717, 1.165) is 21.8 Å². The number of rotatable bonds is 6. The lowest BCUT2D eigenvalue weighted by Crippen LogP contribution is -2.24. The molecule has 0 aliphatic carbocycles. The molecule has 1 amide bonds. The quantitative estimate of drug-likeness (QED) is 0.652. The van der Waals surface area contributed by atoms with Crippen molar-refractivity contribution in [3.63, 3.8) is 0 Å². The average Bonchev–Trinajstić information content (AvgIpc) is 2.91. The molecular formula is C17H20N2O2S. The Morgan fingerprint density at radius 3 is 2.82 bits per heavy atom. The van der Waals surface area contributed by atoms with Crippen molar-refractivity contribution in [1.29, 1.82) is 0 Å². The van der Waals surface area contributed by atoms with Crippen LogP contribution in [0.1, 0.15) is 35.8 Å². The van der Waals surface area contributed by atoms with Gasteiger partial charge in [-0.25, -0.2) is 5.43 Å². The summed E-state index contributed by atoms with van der Waals surface area (Å²) >= 11 is 1.58. The molecule has 22 heavy (non-hydrogen) atoms. The van der Waals surface area contributed by atoms with Crippen molar-refractivity contribution in [1.82, 2.24) is 5.43 Å². The fourth-order valence-electron chi connectivity index (χ4n) is 1.94. The lowest BCUT2D eigenvalue weighted by Gasteiger charge is -2.12. The van der Waals surface area contributed by atoms with E-state index in [9.17, 15) is 4.79 Å². The van der Waals surface area contributed by atoms with E-state index in [1.54, 1.807) is 17.6 Å². The third-order valence-corrected chi connectivity index (χ3v) is 4.13. The van der Waals surface area contributed by atoms with Crippen LogP contribution in [0.5, 0.6) is 5.75 Å². The Balaban J connectivity index is 1.86. The van der Waals surface area contributed by atoms with E-state index in [-0.39, 0.29) is 12.5 Å². The second kappa shape index (κ2) is 7.75. The topological polar surface area (TPSA) is 50.7 Å². The molecule has 4 nitrogen and oxygen atoms in total. The molecule has 116 valence electrons. The van der Waals surface area contributed by atoms with E-state index in [1.165, 1.54) is 0 Å². The highest BCUT2D eigenvalue weighted by atomic mass is 32.1. The van der Waals surface area contributed by atoms with Crippen molar-refractivity contribution in [2.75, 3.05) is 6.61 Å². The molecule has 0 aliphatic rings. The summed E-state index contributed by atoms with van der Waals surface area (Å²) in [7, 11) is 0. The summed E-state index contributed by atoms with van der Waals surface area (Å²) in [6.07, 6.45) is 1.65. The fraction of sp³-hybridized carbons (Fsp3) is 0.294. The highest BCUT2D eigenvalue weighted by molar-refractivity contribution is 7.11. The van der Waals surface area contributed by atoms with E-state index < -0.39 is 0 Å². The van der Waals surface area contributed by atoms with Gasteiger partial charge >= 0.3 is 0 Å². The SMILES string of the molecule is Cc1ccsc1C=NNC(=O)COc1ccccc1C(C)C. The molecule has 0 spiro atoms. The fourth-order valence-corrected chi connectivity index (χ4v) is 2.73. The standard InChI is InChI=1S/C17H20N2O2S/c1-12(2)14-6-4-5-7-15(14)21-11-17(20)19-18-10-16-13(3)8-9-22-16/h4-10,12H,11H2,1-3H3,(H,19,20). The minimum atomic E-state index is -0.274. The summed E-state index contributed by atoms with van der Waals surface area (Å²) in [6, 6.07) is 9.77. The minimum absolute atomic E-state index is 0.0511. The second-order valence-electron chi connectivity index (χ2n) is 5.24. The van der Waals surface area contributed by atoms with Crippen LogP contribution in [0.3, 0.4) is 0 Å². The number of hydrogen-bond donors (Lipinski definition) is 1. The predicted molar refractivity (Wildman–Crippen MR) is 90.8 cm³/mol. The maximum absolute atomic E-state index is 11.8. The highest BCUT2D eigenvalue weighted by Gasteiger charge is 2.08. The summed E-state index contributed by atoms with van der Waals surface area (Å²) in [5.74, 6) is 0.814. The molecule has 0 unspecified atom stereocenters. The van der Waals surface area contributed by atoms with Crippen molar-refractivity contribution in [3.05, 3.63) is 51.7 Å². The first kappa shape index (κ1) is 16.2. The van der Waals surface area contributed by atoms with Crippen LogP contribution >= 0.6 is 11.3 Å². The molecule has 1 N–H and O–H groups in total. The number of carbonyl (C=O) groups is 1. The Morgan fingerprint density at radius 1 is 1.36 bits per heavy atom. The molecule has 0 aliphatic heterocycles. The monoisotopic (exact) mass is 316 g/mol. The van der Waals surface area contributed by atoms with Crippen molar-refractivity contribution in [2.45, 2.75) is 26.7 Å². The molecule has 0 saturated heterocycles. The zero-order valence-corrected chi connectivity index (χ0v) is 13.8. The van der Waals surface area contributed by atoms with Crippen LogP contribution in [0.2, 0.25) is 0 Å². The number of hydrazone groups is 1. The van der Waals surface area contributed by atoms with Crippen LogP contribution in [0, 0.1) is 6.92 Å². The number of nitrogens with one attached hydrogen (secondary N) is 1. The van der Waals surface area contributed by atoms with Crippen LogP contribution < -0.4 is 10.2 Å². The van der Waals surface area contributed by atoms with Crippen molar-refractivity contribution in [2.24, 2.45) is 5.10 Å². The average molecular weight is 316 g/mol. The van der Waals surface area contributed by atoms with Gasteiger partial charge in [0.1, 0.15) is 5.75 Å². The lowest BCUT2D eigenvalue weighted by atomic mass is 10.0. The van der Waals surface area contributed by atoms with Crippen LogP contribution in [-0.4, -0.2) is 18.7 Å². The van der Waals surface area contributed by atoms with Gasteiger partial charge in [-0.2, -0.15) is 5.10 Å². The van der Waals surface area contributed by atoms with Crippen molar-refractivity contribution in [3.8, 4) is 5.75 Å². The molecule has 0 fully saturated rings. The van der Waals surface area contributed by atoms with Gasteiger partial charge in [0.2, 0.25) is 0 Å². The molecule has 5 heteroatoms. The van der Waals surface area contributed by atoms with Gasteiger partial charge in [0.05, 0.1) is 6.21 Å². The van der Waals surface area contributed by atoms with Gasteiger partial charge in [-0.15, -0.1) is 11.3 Å². The number of carbonyl (C=O) groups excluding carboxylic acids is 1. The normalized spacial score (nSPS) is 11.1. The van der Waals surface area contributed by atoms with Gasteiger partial charge in [0.25, 0.3) is 5.91 Å². The van der Waals surface area contributed by atoms with E-state index in [2.05, 4.69) is 24.4 Å². The van der Waals surface area contributed by atoms with Crippen LogP contribution in [0.25, 0.3) is 0 Å². The van der Waals surface area contributed by atoms with Gasteiger partial charge in [0.15, 0.2) is 6.61 Å². The Kier molecular flexibility index (Phi) is 5.72. The Labute approximate surface area is 134 Å². The van der Waals surface area contributed by atoms with Crippen molar-refractivity contribution >= 4 is 23.5 Å². The maximum Gasteiger partial charge on any atom is 0.277 e. The number of nitrogens with zero attached hydrogens (tertiary/aromatic N) is 1. The van der Waals surface area contributed by atoms with Crippen molar-refractivity contribution < 1.29 is 9.53 Å². The number of ether oxygens (including phenoxy) is 1. The first-order chi connectivity index (χ1) is 10.6. The number of amides is 1. The largest absolute Gasteiger partial charge is 0.483 e. The molecule has 0 radical (unpaired) electrons. The third kappa shape index (κ3) is 4.43. The molecule has 2 rings (SSSR count). The third-order valence-electron chi connectivity index (χ3n) is 3.17. The van der Waals surface area contributed by atoms with E-state index in [0.29, 0.717) is 5.92 Å². The van der Waals surface area contributed by atoms with Gasteiger partial charge in [-0.1, -0.05) is 32.0 Å². The van der Waals surface area contributed by atoms with E-state index in [4.69, 9.17) is 4.74 Å². The zero-order chi connectivity index (χ0) is 15.9. The predicted octanol–water partition coefficient (Wildman–Crippen LogP) is 3.71. The Hall–Kier alpha value is -2.14. The molecule has 0 saturated carbocycles. The molecule has 1 aromatic heterocycles. The van der Waals surface area contributed by atoms with E-state index in [1.807, 2.05) is 42.6 Å². The Bertz CT molecular complexity index is 662. The van der Waals surface area contributed by atoms with Crippen LogP contribution in [-0.2, 0) is 4.79 Å². The summed E-state index contributed by atoms with van der Waals surface area (Å²) < 4.78 is 5.59. The highest BCUT2D eigenvalue weighted by Crippen LogP contribution is 2.25. The summed E-state index contributed by atoms with van der Waals surface area (Å²) in [5, 5.41) is 5.94. The first-order valence-corrected chi connectivity index (χ1v) is 8.03. The Morgan fingerprint density at radius 2 is 2.14 bits per heavy atom. The van der Waals surface area contributed by atoms with Crippen LogP contribution in [0.4, 0.5) is 0 Å². The number of benzene rings is 1. The molecule has 2 aromatic rings. The summed E-state index contributed by atoms with van der Waals surface area (Å²) in [6.45, 7) is 6.14. The molecule has 1 aromatic carbocycles. The summed E-state index contributed by atoms with van der Waals surface area (Å²) in [4.78, 5) is 12.8. The molecule has 1 heterocycles. The second-order valence-corrected chi connectivity index (χ2v) is 6.19. The maximum atomic E-state index is 11.8. The van der Waals surface area contributed by atoms with Gasteiger partial charge in [-0.05, 0) is 41.5 Å². The van der Waals surface area contributed by atoms with Gasteiger partial charge < -0.3 is 4.74 Å². The number of aryl methyl sites for hydroxylation is 1. The molecule has 0 bridgehead atoms. The first-order valence-electron chi connectivity index (χ1n) is 7.15. The number of para-hydroxylation sites is 1. The molecule has 0 atom stereocenters. The summed E-state index contributed by atoms with van der Waals surface area (Å²) in [5.41, 5.74) is 4.71. The number of thiophene rings is 1.